The lowest BCUT2D eigenvalue weighted by molar-refractivity contribution is 0.102. The molecule has 0 bridgehead atoms. The second-order valence-electron chi connectivity index (χ2n) is 8.56. The lowest BCUT2D eigenvalue weighted by atomic mass is 10.0. The van der Waals surface area contributed by atoms with Gasteiger partial charge in [0.25, 0.3) is 5.91 Å². The lowest BCUT2D eigenvalue weighted by Crippen LogP contribution is -2.22. The Kier molecular flexibility index (Phi) is 5.51. The van der Waals surface area contributed by atoms with Crippen LogP contribution >= 0.6 is 0 Å². The van der Waals surface area contributed by atoms with Crippen molar-refractivity contribution in [3.05, 3.63) is 65.2 Å². The summed E-state index contributed by atoms with van der Waals surface area (Å²) in [6, 6.07) is 12.2. The second kappa shape index (κ2) is 8.59. The number of anilines is 2. The summed E-state index contributed by atoms with van der Waals surface area (Å²) in [4.78, 5) is 17.2. The lowest BCUT2D eigenvalue weighted by Gasteiger charge is -2.20. The largest absolute Gasteiger partial charge is 0.444 e. The molecule has 1 saturated heterocycles. The van der Waals surface area contributed by atoms with Gasteiger partial charge in [-0.2, -0.15) is 5.10 Å². The van der Waals surface area contributed by atoms with Gasteiger partial charge in [-0.15, -0.1) is 0 Å². The first kappa shape index (κ1) is 19.9. The van der Waals surface area contributed by atoms with E-state index in [-0.39, 0.29) is 5.91 Å². The quantitative estimate of drug-likeness (QED) is 0.681. The van der Waals surface area contributed by atoms with Gasteiger partial charge in [0.2, 0.25) is 0 Å². The van der Waals surface area contributed by atoms with Crippen LogP contribution in [0.5, 0.6) is 0 Å². The SMILES string of the molecule is Cn1ccc(C(=O)Nc2ccc3c(c2)CN(Cc2ccc(N4CCCC4)o2)CCC3)n1. The molecule has 0 spiro atoms. The molecular weight excluding hydrogens is 390 g/mol. The fraction of sp³-hybridized carbons (Fsp3) is 0.417. The van der Waals surface area contributed by atoms with Crippen LogP contribution in [0, 0.1) is 0 Å². The first-order valence-corrected chi connectivity index (χ1v) is 11.1. The topological polar surface area (TPSA) is 66.5 Å². The maximum atomic E-state index is 12.5. The molecular formula is C24H29N5O2. The van der Waals surface area contributed by atoms with Gasteiger partial charge in [-0.3, -0.25) is 14.4 Å². The van der Waals surface area contributed by atoms with Crippen molar-refractivity contribution in [2.75, 3.05) is 29.9 Å². The van der Waals surface area contributed by atoms with Gasteiger partial charge in [-0.1, -0.05) is 6.07 Å². The average molecular weight is 420 g/mol. The predicted molar refractivity (Wildman–Crippen MR) is 120 cm³/mol. The Labute approximate surface area is 182 Å². The van der Waals surface area contributed by atoms with Crippen molar-refractivity contribution in [2.45, 2.75) is 38.8 Å². The summed E-state index contributed by atoms with van der Waals surface area (Å²) in [5.74, 6) is 1.84. The zero-order chi connectivity index (χ0) is 21.2. The van der Waals surface area contributed by atoms with Gasteiger partial charge < -0.3 is 14.6 Å². The van der Waals surface area contributed by atoms with E-state index in [2.05, 4.69) is 44.5 Å². The third-order valence-corrected chi connectivity index (χ3v) is 6.17. The minimum Gasteiger partial charge on any atom is -0.444 e. The van der Waals surface area contributed by atoms with E-state index in [4.69, 9.17) is 4.42 Å². The molecule has 31 heavy (non-hydrogen) atoms. The fourth-order valence-electron chi connectivity index (χ4n) is 4.55. The van der Waals surface area contributed by atoms with Gasteiger partial charge >= 0.3 is 0 Å². The third-order valence-electron chi connectivity index (χ3n) is 6.17. The zero-order valence-corrected chi connectivity index (χ0v) is 18.0. The van der Waals surface area contributed by atoms with Crippen LogP contribution in [0.2, 0.25) is 0 Å². The van der Waals surface area contributed by atoms with Gasteiger partial charge in [0.05, 0.1) is 6.54 Å². The Morgan fingerprint density at radius 3 is 2.74 bits per heavy atom. The highest BCUT2D eigenvalue weighted by molar-refractivity contribution is 6.02. The van der Waals surface area contributed by atoms with Crippen LogP contribution in [-0.4, -0.2) is 40.2 Å². The van der Waals surface area contributed by atoms with Crippen molar-refractivity contribution >= 4 is 17.5 Å². The van der Waals surface area contributed by atoms with E-state index in [0.717, 1.165) is 62.9 Å². The molecule has 0 atom stereocenters. The maximum absolute atomic E-state index is 12.5. The first-order chi connectivity index (χ1) is 15.1. The fourth-order valence-corrected chi connectivity index (χ4v) is 4.55. The summed E-state index contributed by atoms with van der Waals surface area (Å²) in [5.41, 5.74) is 3.86. The smallest absolute Gasteiger partial charge is 0.276 e. The van der Waals surface area contributed by atoms with Crippen LogP contribution in [0.25, 0.3) is 0 Å². The van der Waals surface area contributed by atoms with Crippen molar-refractivity contribution in [1.82, 2.24) is 14.7 Å². The number of carbonyl (C=O) groups is 1. The average Bonchev–Trinajstić information content (AvgIpc) is 3.49. The molecule has 1 amide bonds. The zero-order valence-electron chi connectivity index (χ0n) is 18.0. The molecule has 3 aromatic rings. The number of nitrogens with one attached hydrogen (secondary N) is 1. The molecule has 7 heteroatoms. The van der Waals surface area contributed by atoms with Crippen LogP contribution < -0.4 is 10.2 Å². The van der Waals surface area contributed by atoms with Crippen LogP contribution in [-0.2, 0) is 26.6 Å². The molecule has 162 valence electrons. The van der Waals surface area contributed by atoms with Crippen LogP contribution in [0.1, 0.15) is 46.6 Å². The Morgan fingerprint density at radius 1 is 1.06 bits per heavy atom. The minimum absolute atomic E-state index is 0.184. The van der Waals surface area contributed by atoms with Gasteiger partial charge in [0, 0.05) is 44.6 Å². The molecule has 2 aliphatic heterocycles. The number of aromatic nitrogens is 2. The number of hydrogen-bond acceptors (Lipinski definition) is 5. The number of carbonyl (C=O) groups excluding carboxylic acids is 1. The normalized spacial score (nSPS) is 16.9. The molecule has 7 nitrogen and oxygen atoms in total. The van der Waals surface area contributed by atoms with Crippen molar-refractivity contribution in [3.8, 4) is 0 Å². The van der Waals surface area contributed by atoms with Crippen molar-refractivity contribution < 1.29 is 9.21 Å². The molecule has 4 heterocycles. The molecule has 1 aromatic carbocycles. The molecule has 0 unspecified atom stereocenters. The minimum atomic E-state index is -0.184. The van der Waals surface area contributed by atoms with E-state index in [0.29, 0.717) is 5.69 Å². The summed E-state index contributed by atoms with van der Waals surface area (Å²) in [6.07, 6.45) is 6.44. The van der Waals surface area contributed by atoms with E-state index in [1.807, 2.05) is 6.07 Å². The van der Waals surface area contributed by atoms with E-state index in [1.165, 1.54) is 24.0 Å². The number of furan rings is 1. The Bertz CT molecular complexity index is 1060. The molecule has 2 aliphatic rings. The summed E-state index contributed by atoms with van der Waals surface area (Å²) in [7, 11) is 1.81. The number of fused-ring (bicyclic) bond motifs is 1. The maximum Gasteiger partial charge on any atom is 0.276 e. The van der Waals surface area contributed by atoms with Crippen LogP contribution in [0.15, 0.2) is 47.0 Å². The van der Waals surface area contributed by atoms with Gasteiger partial charge in [0.15, 0.2) is 11.6 Å². The monoisotopic (exact) mass is 419 g/mol. The first-order valence-electron chi connectivity index (χ1n) is 11.1. The Balaban J connectivity index is 1.27. The van der Waals surface area contributed by atoms with Gasteiger partial charge in [-0.25, -0.2) is 0 Å². The Morgan fingerprint density at radius 2 is 1.94 bits per heavy atom. The van der Waals surface area contributed by atoms with E-state index < -0.39 is 0 Å². The highest BCUT2D eigenvalue weighted by atomic mass is 16.4. The Hall–Kier alpha value is -3.06. The molecule has 2 aromatic heterocycles. The van der Waals surface area contributed by atoms with Crippen molar-refractivity contribution in [3.63, 3.8) is 0 Å². The number of benzene rings is 1. The number of aryl methyl sites for hydroxylation is 2. The number of hydrogen-bond donors (Lipinski definition) is 1. The van der Waals surface area contributed by atoms with Crippen LogP contribution in [0.4, 0.5) is 11.6 Å². The molecule has 0 radical (unpaired) electrons. The van der Waals surface area contributed by atoms with Crippen molar-refractivity contribution in [1.29, 1.82) is 0 Å². The predicted octanol–water partition coefficient (Wildman–Crippen LogP) is 3.81. The number of rotatable bonds is 5. The molecule has 1 N–H and O–H groups in total. The van der Waals surface area contributed by atoms with Gasteiger partial charge in [0.1, 0.15) is 5.76 Å². The number of nitrogens with zero attached hydrogens (tertiary/aromatic N) is 4. The highest BCUT2D eigenvalue weighted by Gasteiger charge is 2.19. The highest BCUT2D eigenvalue weighted by Crippen LogP contribution is 2.27. The number of amides is 1. The molecule has 1 fully saturated rings. The standard InChI is InChI=1S/C24H29N5O2/c1-27-14-10-22(26-27)24(30)25-20-7-6-18-5-4-11-28(16-19(18)15-20)17-21-8-9-23(31-21)29-12-2-3-13-29/h6-10,14-15H,2-5,11-13,16-17H2,1H3,(H,25,30). The van der Waals surface area contributed by atoms with Gasteiger partial charge in [-0.05, 0) is 67.6 Å². The summed E-state index contributed by atoms with van der Waals surface area (Å²) >= 11 is 0. The molecule has 0 aliphatic carbocycles. The second-order valence-corrected chi connectivity index (χ2v) is 8.56. The van der Waals surface area contributed by atoms with E-state index in [9.17, 15) is 4.79 Å². The van der Waals surface area contributed by atoms with E-state index >= 15 is 0 Å². The van der Waals surface area contributed by atoms with Crippen molar-refractivity contribution in [2.24, 2.45) is 7.05 Å². The third kappa shape index (κ3) is 4.51. The van der Waals surface area contributed by atoms with Crippen LogP contribution in [0.3, 0.4) is 0 Å². The summed E-state index contributed by atoms with van der Waals surface area (Å²) < 4.78 is 7.78. The summed E-state index contributed by atoms with van der Waals surface area (Å²) in [6.45, 7) is 4.87. The molecule has 0 saturated carbocycles. The summed E-state index contributed by atoms with van der Waals surface area (Å²) in [5, 5.41) is 7.17. The molecule has 5 rings (SSSR count). The van der Waals surface area contributed by atoms with E-state index in [1.54, 1.807) is 24.0 Å².